The molecule has 118 valence electrons. The highest BCUT2D eigenvalue weighted by molar-refractivity contribution is 7.90. The zero-order chi connectivity index (χ0) is 15.5. The first-order chi connectivity index (χ1) is 9.83. The predicted octanol–water partition coefficient (Wildman–Crippen LogP) is 1.36. The molecule has 0 aromatic carbocycles. The van der Waals surface area contributed by atoms with E-state index in [2.05, 4.69) is 25.2 Å². The van der Waals surface area contributed by atoms with Gasteiger partial charge in [-0.3, -0.25) is 0 Å². The van der Waals surface area contributed by atoms with E-state index in [0.717, 1.165) is 25.9 Å². The van der Waals surface area contributed by atoms with Gasteiger partial charge in [0.05, 0.1) is 5.75 Å². The quantitative estimate of drug-likeness (QED) is 0.870. The summed E-state index contributed by atoms with van der Waals surface area (Å²) in [6, 6.07) is -0.298. The smallest absolute Gasteiger partial charge is 0.231 e. The van der Waals surface area contributed by atoms with Gasteiger partial charge in [0.2, 0.25) is 17.2 Å². The Morgan fingerprint density at radius 2 is 1.90 bits per heavy atom. The van der Waals surface area contributed by atoms with Gasteiger partial charge in [0.1, 0.15) is 9.84 Å². The van der Waals surface area contributed by atoms with Crippen LogP contribution in [0.2, 0.25) is 5.28 Å². The minimum absolute atomic E-state index is 0.00928. The zero-order valence-corrected chi connectivity index (χ0v) is 13.8. The third-order valence-corrected chi connectivity index (χ3v) is 4.44. The van der Waals surface area contributed by atoms with Crippen molar-refractivity contribution in [2.24, 2.45) is 0 Å². The molecular formula is C12H20ClN5O2S. The summed E-state index contributed by atoms with van der Waals surface area (Å²) in [6.45, 7) is 3.57. The number of rotatable bonds is 5. The molecule has 1 N–H and O–H groups in total. The third-order valence-electron chi connectivity index (χ3n) is 3.16. The SMILES string of the molecule is CC(CS(C)(=O)=O)Nc1nc(Cl)nc(N2CCCCC2)n1. The maximum absolute atomic E-state index is 11.3. The number of halogens is 1. The van der Waals surface area contributed by atoms with Gasteiger partial charge < -0.3 is 10.2 Å². The molecule has 0 aliphatic carbocycles. The van der Waals surface area contributed by atoms with Crippen LogP contribution in [0.5, 0.6) is 0 Å². The number of aromatic nitrogens is 3. The highest BCUT2D eigenvalue weighted by atomic mass is 35.5. The summed E-state index contributed by atoms with van der Waals surface area (Å²) in [7, 11) is -3.06. The first-order valence-corrected chi connectivity index (χ1v) is 9.38. The number of nitrogens with zero attached hydrogens (tertiary/aromatic N) is 4. The summed E-state index contributed by atoms with van der Waals surface area (Å²) in [4.78, 5) is 14.6. The van der Waals surface area contributed by atoms with E-state index in [1.807, 2.05) is 0 Å². The number of nitrogens with one attached hydrogen (secondary N) is 1. The molecule has 1 aliphatic heterocycles. The molecule has 1 unspecified atom stereocenters. The van der Waals surface area contributed by atoms with Crippen molar-refractivity contribution in [3.05, 3.63) is 5.28 Å². The molecule has 21 heavy (non-hydrogen) atoms. The second-order valence-corrected chi connectivity index (χ2v) is 7.94. The first kappa shape index (κ1) is 16.2. The summed E-state index contributed by atoms with van der Waals surface area (Å²) in [5.74, 6) is 0.866. The Morgan fingerprint density at radius 3 is 2.52 bits per heavy atom. The predicted molar refractivity (Wildman–Crippen MR) is 83.7 cm³/mol. The minimum Gasteiger partial charge on any atom is -0.351 e. The molecule has 7 nitrogen and oxygen atoms in total. The molecule has 1 aromatic rings. The van der Waals surface area contributed by atoms with E-state index in [-0.39, 0.29) is 17.1 Å². The van der Waals surface area contributed by atoms with Crippen molar-refractivity contribution in [1.29, 1.82) is 0 Å². The van der Waals surface area contributed by atoms with E-state index in [9.17, 15) is 8.42 Å². The zero-order valence-electron chi connectivity index (χ0n) is 12.2. The van der Waals surface area contributed by atoms with Crippen molar-refractivity contribution in [2.45, 2.75) is 32.2 Å². The lowest BCUT2D eigenvalue weighted by atomic mass is 10.1. The summed E-state index contributed by atoms with van der Waals surface area (Å²) >= 11 is 5.94. The van der Waals surface area contributed by atoms with Crippen molar-refractivity contribution < 1.29 is 8.42 Å². The van der Waals surface area contributed by atoms with Crippen molar-refractivity contribution in [1.82, 2.24) is 15.0 Å². The molecule has 0 bridgehead atoms. The molecule has 1 aromatic heterocycles. The highest BCUT2D eigenvalue weighted by Crippen LogP contribution is 2.18. The van der Waals surface area contributed by atoms with E-state index in [1.165, 1.54) is 12.7 Å². The van der Waals surface area contributed by atoms with Gasteiger partial charge in [0.15, 0.2) is 0 Å². The van der Waals surface area contributed by atoms with Crippen LogP contribution in [0.1, 0.15) is 26.2 Å². The maximum Gasteiger partial charge on any atom is 0.231 e. The molecular weight excluding hydrogens is 314 g/mol. The van der Waals surface area contributed by atoms with Gasteiger partial charge in [-0.15, -0.1) is 0 Å². The minimum atomic E-state index is -3.06. The fourth-order valence-electron chi connectivity index (χ4n) is 2.36. The number of anilines is 2. The fourth-order valence-corrected chi connectivity index (χ4v) is 3.50. The summed E-state index contributed by atoms with van der Waals surface area (Å²) in [5.41, 5.74) is 0. The molecule has 1 saturated heterocycles. The molecule has 9 heteroatoms. The number of hydrogen-bond donors (Lipinski definition) is 1. The largest absolute Gasteiger partial charge is 0.351 e. The monoisotopic (exact) mass is 333 g/mol. The molecule has 0 amide bonds. The number of sulfone groups is 1. The van der Waals surface area contributed by atoms with Gasteiger partial charge in [-0.25, -0.2) is 8.42 Å². The highest BCUT2D eigenvalue weighted by Gasteiger charge is 2.17. The van der Waals surface area contributed by atoms with Crippen molar-refractivity contribution >= 4 is 33.3 Å². The first-order valence-electron chi connectivity index (χ1n) is 6.94. The Morgan fingerprint density at radius 1 is 1.24 bits per heavy atom. The van der Waals surface area contributed by atoms with Crippen LogP contribution in [0.15, 0.2) is 0 Å². The average Bonchev–Trinajstić information content (AvgIpc) is 2.36. The Bertz CT molecular complexity index is 589. The Balaban J connectivity index is 2.11. The lowest BCUT2D eigenvalue weighted by Gasteiger charge is -2.26. The van der Waals surface area contributed by atoms with E-state index in [0.29, 0.717) is 11.9 Å². The number of piperidine rings is 1. The van der Waals surface area contributed by atoms with Crippen LogP contribution in [0.3, 0.4) is 0 Å². The lowest BCUT2D eigenvalue weighted by Crippen LogP contribution is -2.32. The lowest BCUT2D eigenvalue weighted by molar-refractivity contribution is 0.567. The Labute approximate surface area is 130 Å². The average molecular weight is 334 g/mol. The van der Waals surface area contributed by atoms with Gasteiger partial charge in [-0.05, 0) is 37.8 Å². The Kier molecular flexibility index (Phi) is 5.21. The van der Waals surface area contributed by atoms with Crippen molar-refractivity contribution in [3.8, 4) is 0 Å². The van der Waals surface area contributed by atoms with E-state index >= 15 is 0 Å². The van der Waals surface area contributed by atoms with Crippen LogP contribution >= 0.6 is 11.6 Å². The topological polar surface area (TPSA) is 88.1 Å². The van der Waals surface area contributed by atoms with Gasteiger partial charge in [0.25, 0.3) is 0 Å². The molecule has 2 heterocycles. The van der Waals surface area contributed by atoms with Crippen LogP contribution < -0.4 is 10.2 Å². The fraction of sp³-hybridized carbons (Fsp3) is 0.750. The van der Waals surface area contributed by atoms with Crippen LogP contribution in [0.4, 0.5) is 11.9 Å². The summed E-state index contributed by atoms with van der Waals surface area (Å²) < 4.78 is 22.6. The van der Waals surface area contributed by atoms with Crippen LogP contribution in [-0.2, 0) is 9.84 Å². The van der Waals surface area contributed by atoms with Gasteiger partial charge in [-0.2, -0.15) is 15.0 Å². The molecule has 2 rings (SSSR count). The normalized spacial score (nSPS) is 17.6. The third kappa shape index (κ3) is 5.28. The van der Waals surface area contributed by atoms with Gasteiger partial charge in [0, 0.05) is 25.4 Å². The van der Waals surface area contributed by atoms with Gasteiger partial charge in [-0.1, -0.05) is 0 Å². The van der Waals surface area contributed by atoms with Crippen LogP contribution in [-0.4, -0.2) is 54.5 Å². The van der Waals surface area contributed by atoms with Crippen LogP contribution in [0.25, 0.3) is 0 Å². The standard InChI is InChI=1S/C12H20ClN5O2S/c1-9(8-21(2,19)20)14-11-15-10(13)16-12(17-11)18-6-4-3-5-7-18/h9H,3-8H2,1-2H3,(H,14,15,16,17). The number of hydrogen-bond acceptors (Lipinski definition) is 7. The molecule has 1 fully saturated rings. The molecule has 1 aliphatic rings. The Hall–Kier alpha value is -1.15. The van der Waals surface area contributed by atoms with Crippen LogP contribution in [0, 0.1) is 0 Å². The van der Waals surface area contributed by atoms with E-state index < -0.39 is 9.84 Å². The van der Waals surface area contributed by atoms with E-state index in [1.54, 1.807) is 6.92 Å². The summed E-state index contributed by atoms with van der Waals surface area (Å²) in [5, 5.41) is 3.08. The summed E-state index contributed by atoms with van der Waals surface area (Å²) in [6.07, 6.45) is 4.63. The van der Waals surface area contributed by atoms with Crippen molar-refractivity contribution in [2.75, 3.05) is 35.3 Å². The maximum atomic E-state index is 11.3. The second-order valence-electron chi connectivity index (χ2n) is 5.41. The second kappa shape index (κ2) is 6.74. The molecule has 0 spiro atoms. The molecule has 0 radical (unpaired) electrons. The molecule has 1 atom stereocenters. The van der Waals surface area contributed by atoms with Crippen molar-refractivity contribution in [3.63, 3.8) is 0 Å². The molecule has 0 saturated carbocycles. The van der Waals surface area contributed by atoms with E-state index in [4.69, 9.17) is 11.6 Å². The van der Waals surface area contributed by atoms with Gasteiger partial charge >= 0.3 is 0 Å².